The molecule has 1 N–H and O–H groups in total. The number of piperazine rings is 1. The van der Waals surface area contributed by atoms with Gasteiger partial charge >= 0.3 is 6.18 Å². The Labute approximate surface area is 177 Å². The second-order valence-electron chi connectivity index (χ2n) is 7.32. The van der Waals surface area contributed by atoms with Crippen molar-refractivity contribution in [2.45, 2.75) is 19.5 Å². The first-order chi connectivity index (χ1) is 14.7. The Morgan fingerprint density at radius 3 is 2.29 bits per heavy atom. The maximum absolute atomic E-state index is 12.9. The van der Waals surface area contributed by atoms with Gasteiger partial charge in [-0.05, 0) is 36.2 Å². The van der Waals surface area contributed by atoms with Gasteiger partial charge in [0.15, 0.2) is 0 Å². The Bertz CT molecular complexity index is 940. The van der Waals surface area contributed by atoms with E-state index in [0.717, 1.165) is 18.6 Å². The highest BCUT2D eigenvalue weighted by Gasteiger charge is 2.34. The first kappa shape index (κ1) is 22.5. The lowest BCUT2D eigenvalue weighted by atomic mass is 10.1. The van der Waals surface area contributed by atoms with Crippen molar-refractivity contribution >= 4 is 23.0 Å². The lowest BCUT2D eigenvalue weighted by Crippen LogP contribution is -2.48. The van der Waals surface area contributed by atoms with Gasteiger partial charge in [0.1, 0.15) is 5.69 Å². The molecule has 1 saturated heterocycles. The highest BCUT2D eigenvalue weighted by atomic mass is 19.4. The molecule has 2 aromatic rings. The third-order valence-corrected chi connectivity index (χ3v) is 5.23. The fraction of sp³-hybridized carbons (Fsp3) is 0.381. The number of amides is 1. The van der Waals surface area contributed by atoms with Crippen LogP contribution in [0.1, 0.15) is 18.1 Å². The van der Waals surface area contributed by atoms with Crippen molar-refractivity contribution < 1.29 is 22.9 Å². The minimum absolute atomic E-state index is 0.151. The van der Waals surface area contributed by atoms with Crippen LogP contribution in [-0.4, -0.2) is 48.5 Å². The van der Waals surface area contributed by atoms with E-state index in [1.165, 1.54) is 5.56 Å². The number of carbonyl (C=O) groups excluding carboxylic acids is 1. The second kappa shape index (κ2) is 9.34. The van der Waals surface area contributed by atoms with Crippen LogP contribution in [0.15, 0.2) is 42.5 Å². The summed E-state index contributed by atoms with van der Waals surface area (Å²) in [6.45, 7) is 3.86. The standard InChI is InChI=1S/C21H23F3N4O3/c1-2-15-3-6-17(7-4-15)25-20(29)14-26-9-11-27(12-10-26)18-8-5-16(21(22,23)24)13-19(18)28(30)31/h3-8,13H,2,9-12,14H2,1H3,(H,25,29). The summed E-state index contributed by atoms with van der Waals surface area (Å²) in [4.78, 5) is 26.4. The summed E-state index contributed by atoms with van der Waals surface area (Å²) in [6.07, 6.45) is -3.73. The molecule has 10 heteroatoms. The van der Waals surface area contributed by atoms with Gasteiger partial charge in [-0.15, -0.1) is 0 Å². The first-order valence-electron chi connectivity index (χ1n) is 9.89. The summed E-state index contributed by atoms with van der Waals surface area (Å²) in [5.74, 6) is -0.168. The summed E-state index contributed by atoms with van der Waals surface area (Å²) >= 11 is 0. The van der Waals surface area contributed by atoms with Gasteiger partial charge in [-0.25, -0.2) is 0 Å². The average Bonchev–Trinajstić information content (AvgIpc) is 2.73. The Morgan fingerprint density at radius 2 is 1.74 bits per heavy atom. The third-order valence-electron chi connectivity index (χ3n) is 5.23. The third kappa shape index (κ3) is 5.72. The molecule has 7 nitrogen and oxygen atoms in total. The number of halogens is 3. The van der Waals surface area contributed by atoms with E-state index in [0.29, 0.717) is 37.9 Å². The van der Waals surface area contributed by atoms with Gasteiger partial charge in [0.05, 0.1) is 17.0 Å². The molecule has 1 aliphatic heterocycles. The van der Waals surface area contributed by atoms with Crippen molar-refractivity contribution in [1.29, 1.82) is 0 Å². The summed E-state index contributed by atoms with van der Waals surface area (Å²) in [5.41, 5.74) is 0.410. The van der Waals surface area contributed by atoms with Crippen LogP contribution < -0.4 is 10.2 Å². The van der Waals surface area contributed by atoms with E-state index in [4.69, 9.17) is 0 Å². The van der Waals surface area contributed by atoms with Gasteiger partial charge in [0.25, 0.3) is 5.69 Å². The molecule has 0 radical (unpaired) electrons. The van der Waals surface area contributed by atoms with Crippen LogP contribution in [0.2, 0.25) is 0 Å². The molecule has 2 aromatic carbocycles. The minimum Gasteiger partial charge on any atom is -0.363 e. The first-order valence-corrected chi connectivity index (χ1v) is 9.89. The quantitative estimate of drug-likeness (QED) is 0.548. The summed E-state index contributed by atoms with van der Waals surface area (Å²) in [7, 11) is 0. The Kier molecular flexibility index (Phi) is 6.79. The van der Waals surface area contributed by atoms with Crippen molar-refractivity contribution in [3.63, 3.8) is 0 Å². The largest absolute Gasteiger partial charge is 0.416 e. The zero-order valence-electron chi connectivity index (χ0n) is 17.0. The molecule has 0 atom stereocenters. The van der Waals surface area contributed by atoms with Gasteiger partial charge in [0, 0.05) is 37.9 Å². The number of benzene rings is 2. The van der Waals surface area contributed by atoms with Gasteiger partial charge < -0.3 is 10.2 Å². The molecule has 0 saturated carbocycles. The molecule has 0 spiro atoms. The molecule has 0 unspecified atom stereocenters. The van der Waals surface area contributed by atoms with E-state index in [2.05, 4.69) is 5.32 Å². The van der Waals surface area contributed by atoms with Crippen LogP contribution >= 0.6 is 0 Å². The predicted molar refractivity (Wildman–Crippen MR) is 111 cm³/mol. The maximum atomic E-state index is 12.9. The molecular weight excluding hydrogens is 413 g/mol. The molecule has 1 amide bonds. The van der Waals surface area contributed by atoms with E-state index in [1.54, 1.807) is 4.90 Å². The van der Waals surface area contributed by atoms with Crippen molar-refractivity contribution in [3.05, 3.63) is 63.7 Å². The maximum Gasteiger partial charge on any atom is 0.416 e. The van der Waals surface area contributed by atoms with Gasteiger partial charge in [-0.2, -0.15) is 13.2 Å². The molecule has 166 valence electrons. The number of nitrogens with one attached hydrogen (secondary N) is 1. The second-order valence-corrected chi connectivity index (χ2v) is 7.32. The van der Waals surface area contributed by atoms with Gasteiger partial charge in [-0.1, -0.05) is 19.1 Å². The topological polar surface area (TPSA) is 78.7 Å². The highest BCUT2D eigenvalue weighted by Crippen LogP contribution is 2.36. The number of nitrogens with zero attached hydrogens (tertiary/aromatic N) is 3. The summed E-state index contributed by atoms with van der Waals surface area (Å²) in [6, 6.07) is 10.2. The number of nitro benzene ring substituents is 1. The molecule has 1 fully saturated rings. The molecule has 1 aliphatic rings. The number of alkyl halides is 3. The lowest BCUT2D eigenvalue weighted by Gasteiger charge is -2.35. The SMILES string of the molecule is CCc1ccc(NC(=O)CN2CCN(c3ccc(C(F)(F)F)cc3[N+](=O)[O-])CC2)cc1. The molecular formula is C21H23F3N4O3. The Balaban J connectivity index is 1.59. The van der Waals surface area contributed by atoms with E-state index in [9.17, 15) is 28.1 Å². The molecule has 1 heterocycles. The number of hydrogen-bond donors (Lipinski definition) is 1. The van der Waals surface area contributed by atoms with E-state index in [1.807, 2.05) is 36.1 Å². The molecule has 3 rings (SSSR count). The van der Waals surface area contributed by atoms with Crippen molar-refractivity contribution in [2.75, 3.05) is 42.9 Å². The Morgan fingerprint density at radius 1 is 1.10 bits per heavy atom. The average molecular weight is 436 g/mol. The number of aryl methyl sites for hydroxylation is 1. The highest BCUT2D eigenvalue weighted by molar-refractivity contribution is 5.92. The smallest absolute Gasteiger partial charge is 0.363 e. The minimum atomic E-state index is -4.65. The van der Waals surface area contributed by atoms with E-state index in [-0.39, 0.29) is 18.1 Å². The number of carbonyl (C=O) groups is 1. The number of hydrogen-bond acceptors (Lipinski definition) is 5. The van der Waals surface area contributed by atoms with E-state index >= 15 is 0 Å². The Hall–Kier alpha value is -3.14. The van der Waals surface area contributed by atoms with Crippen LogP contribution in [0.3, 0.4) is 0 Å². The van der Waals surface area contributed by atoms with Crippen LogP contribution in [0.5, 0.6) is 0 Å². The predicted octanol–water partition coefficient (Wildman–Crippen LogP) is 3.94. The molecule has 0 aliphatic carbocycles. The van der Waals surface area contributed by atoms with Crippen molar-refractivity contribution in [1.82, 2.24) is 4.90 Å². The summed E-state index contributed by atoms with van der Waals surface area (Å²) in [5, 5.41) is 14.2. The molecule has 0 bridgehead atoms. The van der Waals surface area contributed by atoms with Crippen LogP contribution in [-0.2, 0) is 17.4 Å². The monoisotopic (exact) mass is 436 g/mol. The fourth-order valence-electron chi connectivity index (χ4n) is 3.49. The molecule has 31 heavy (non-hydrogen) atoms. The molecule has 0 aromatic heterocycles. The van der Waals surface area contributed by atoms with Gasteiger partial charge in [0.2, 0.25) is 5.91 Å². The van der Waals surface area contributed by atoms with Crippen LogP contribution in [0, 0.1) is 10.1 Å². The van der Waals surface area contributed by atoms with Crippen molar-refractivity contribution in [3.8, 4) is 0 Å². The fourth-order valence-corrected chi connectivity index (χ4v) is 3.49. The number of anilines is 2. The normalized spacial score (nSPS) is 15.0. The lowest BCUT2D eigenvalue weighted by molar-refractivity contribution is -0.384. The van der Waals surface area contributed by atoms with Crippen molar-refractivity contribution in [2.24, 2.45) is 0 Å². The number of nitro groups is 1. The van der Waals surface area contributed by atoms with E-state index < -0.39 is 22.4 Å². The van der Waals surface area contributed by atoms with Gasteiger partial charge in [-0.3, -0.25) is 19.8 Å². The summed E-state index contributed by atoms with van der Waals surface area (Å²) < 4.78 is 38.7. The van der Waals surface area contributed by atoms with Crippen LogP contribution in [0.25, 0.3) is 0 Å². The zero-order valence-corrected chi connectivity index (χ0v) is 17.0. The number of rotatable bonds is 6. The zero-order chi connectivity index (χ0) is 22.6. The van der Waals surface area contributed by atoms with Crippen LogP contribution in [0.4, 0.5) is 30.2 Å².